The molecule has 2 N–H and O–H groups in total. The predicted molar refractivity (Wildman–Crippen MR) is 199 cm³/mol. The van der Waals surface area contributed by atoms with Gasteiger partial charge in [0.15, 0.2) is 0 Å². The lowest BCUT2D eigenvalue weighted by molar-refractivity contribution is -0.422. The van der Waals surface area contributed by atoms with E-state index in [1.165, 1.54) is 0 Å². The SMILES string of the molecule is N[Si](CCCCCCCCC(F)(F)C(F)(F)C(F)(F)C(F)(F)C(F)(F)F)(CCCCCCCCC(F)(F)C(F)(F)C(F)(F)C(F)(F)C(F)(F)F)CCCCCCCCC(F)(F)C(F)(F)C(F)(F)C(F)(F)C(F)(F)F. The second-order valence-corrected chi connectivity index (χ2v) is 22.2. The molecule has 0 atom stereocenters. The molecule has 0 radical (unpaired) electrons. The molecular formula is C39H50F33NSi. The third kappa shape index (κ3) is 15.8. The zero-order valence-electron chi connectivity index (χ0n) is 38.0. The van der Waals surface area contributed by atoms with E-state index in [1.54, 1.807) is 0 Å². The summed E-state index contributed by atoms with van der Waals surface area (Å²) in [5.41, 5.74) is 0. The molecule has 0 spiro atoms. The number of halogens is 33. The molecule has 0 fully saturated rings. The Morgan fingerprint density at radius 1 is 0.189 bits per heavy atom. The van der Waals surface area contributed by atoms with Crippen LogP contribution in [0.15, 0.2) is 0 Å². The number of unbranched alkanes of at least 4 members (excludes halogenated alkanes) is 15. The maximum absolute atomic E-state index is 14.0. The minimum Gasteiger partial charge on any atom is -0.351 e. The van der Waals surface area contributed by atoms with Crippen molar-refractivity contribution in [1.29, 1.82) is 0 Å². The van der Waals surface area contributed by atoms with Crippen LogP contribution in [-0.4, -0.2) is 97.8 Å². The van der Waals surface area contributed by atoms with Crippen LogP contribution in [-0.2, 0) is 0 Å². The van der Waals surface area contributed by atoms with Crippen molar-refractivity contribution in [1.82, 2.24) is 0 Å². The van der Waals surface area contributed by atoms with Crippen molar-refractivity contribution in [3.05, 3.63) is 0 Å². The van der Waals surface area contributed by atoms with E-state index >= 15 is 0 Å². The van der Waals surface area contributed by atoms with Gasteiger partial charge in [-0.3, -0.25) is 0 Å². The minimum absolute atomic E-state index is 0.0789. The predicted octanol–water partition coefficient (Wildman–Crippen LogP) is 19.4. The van der Waals surface area contributed by atoms with Gasteiger partial charge in [-0.2, -0.15) is 145 Å². The third-order valence-corrected chi connectivity index (χ3v) is 16.1. The molecule has 0 aromatic heterocycles. The van der Waals surface area contributed by atoms with Gasteiger partial charge in [-0.1, -0.05) is 96.3 Å². The second kappa shape index (κ2) is 24.9. The zero-order chi connectivity index (χ0) is 59.0. The fourth-order valence-corrected chi connectivity index (χ4v) is 10.9. The van der Waals surface area contributed by atoms with Crippen LogP contribution >= 0.6 is 0 Å². The molecule has 35 heteroatoms. The van der Waals surface area contributed by atoms with Gasteiger partial charge in [-0.05, 0) is 37.4 Å². The highest BCUT2D eigenvalue weighted by Crippen LogP contribution is 2.61. The highest BCUT2D eigenvalue weighted by atomic mass is 28.3. The summed E-state index contributed by atoms with van der Waals surface area (Å²) >= 11 is 0. The number of alkyl halides is 33. The van der Waals surface area contributed by atoms with E-state index in [-0.39, 0.29) is 95.2 Å². The molecule has 0 amide bonds. The molecule has 0 aliphatic rings. The maximum atomic E-state index is 14.0. The van der Waals surface area contributed by atoms with Gasteiger partial charge in [0, 0.05) is 19.3 Å². The molecule has 0 heterocycles. The maximum Gasteiger partial charge on any atom is 0.460 e. The molecule has 0 unspecified atom stereocenters. The van der Waals surface area contributed by atoms with Crippen LogP contribution in [0.5, 0.6) is 0 Å². The Morgan fingerprint density at radius 3 is 0.500 bits per heavy atom. The second-order valence-electron chi connectivity index (χ2n) is 18.0. The smallest absolute Gasteiger partial charge is 0.351 e. The van der Waals surface area contributed by atoms with Crippen molar-refractivity contribution in [2.45, 2.75) is 243 Å². The van der Waals surface area contributed by atoms with Crippen LogP contribution in [0.25, 0.3) is 0 Å². The molecule has 0 saturated heterocycles. The summed E-state index contributed by atoms with van der Waals surface area (Å²) < 4.78 is 436. The molecule has 0 saturated carbocycles. The van der Waals surface area contributed by atoms with Crippen molar-refractivity contribution in [3.63, 3.8) is 0 Å². The first-order valence-corrected chi connectivity index (χ1v) is 24.8. The first kappa shape index (κ1) is 71.9. The summed E-state index contributed by atoms with van der Waals surface area (Å²) in [5, 5.41) is 6.65. The minimum atomic E-state index is -7.57. The molecule has 74 heavy (non-hydrogen) atoms. The quantitative estimate of drug-likeness (QED) is 0.0378. The van der Waals surface area contributed by atoms with Crippen LogP contribution in [0.1, 0.15) is 135 Å². The molecule has 0 aliphatic carbocycles. The van der Waals surface area contributed by atoms with Crippen LogP contribution in [0.2, 0.25) is 18.1 Å². The van der Waals surface area contributed by atoms with Gasteiger partial charge in [0.1, 0.15) is 8.24 Å². The molecule has 0 aromatic carbocycles. The van der Waals surface area contributed by atoms with E-state index in [0.717, 1.165) is 0 Å². The number of hydrogen-bond acceptors (Lipinski definition) is 1. The first-order valence-electron chi connectivity index (χ1n) is 22.1. The topological polar surface area (TPSA) is 26.0 Å². The van der Waals surface area contributed by atoms with Crippen molar-refractivity contribution in [3.8, 4) is 0 Å². The van der Waals surface area contributed by atoms with Crippen molar-refractivity contribution < 1.29 is 145 Å². The monoisotopic (exact) mass is 1190 g/mol. The lowest BCUT2D eigenvalue weighted by Crippen LogP contribution is -2.66. The first-order chi connectivity index (χ1) is 32.6. The van der Waals surface area contributed by atoms with Gasteiger partial charge in [0.25, 0.3) is 0 Å². The normalized spacial score (nSPS) is 15.6. The molecule has 0 bridgehead atoms. The highest BCUT2D eigenvalue weighted by molar-refractivity contribution is 6.76. The molecule has 0 aliphatic heterocycles. The highest BCUT2D eigenvalue weighted by Gasteiger charge is 2.89. The Kier molecular flexibility index (Phi) is 24.2. The molecule has 0 aromatic rings. The summed E-state index contributed by atoms with van der Waals surface area (Å²) in [4.78, 5) is 0. The summed E-state index contributed by atoms with van der Waals surface area (Å²) in [6.45, 7) is 0. The molecule has 1 nitrogen and oxygen atoms in total. The standard InChI is InChI=1S/C39H50F33NSi/c40-25(41,28(46,47)31(52,53)34(58,59)37(64,65)66)19-13-7-1-4-10-16-22-74(73,23-17-11-5-2-8-14-20-26(42,43)29(48,49)32(54,55)35(60,61)38(67,68)69)24-18-12-6-3-9-15-21-27(44,45)30(50,51)33(56,57)36(62,63)39(70,71)72/h1-24,73H2. The van der Waals surface area contributed by atoms with Gasteiger partial charge >= 0.3 is 89.6 Å². The molecule has 446 valence electrons. The van der Waals surface area contributed by atoms with Crippen molar-refractivity contribution >= 4 is 8.24 Å². The van der Waals surface area contributed by atoms with Crippen molar-refractivity contribution in [2.24, 2.45) is 5.40 Å². The third-order valence-electron chi connectivity index (χ3n) is 12.1. The van der Waals surface area contributed by atoms with Crippen molar-refractivity contribution in [2.75, 3.05) is 0 Å². The Balaban J connectivity index is 5.49. The Bertz CT molecular complexity index is 1480. The van der Waals surface area contributed by atoms with Gasteiger partial charge < -0.3 is 5.40 Å². The van der Waals surface area contributed by atoms with E-state index < -0.39 is 156 Å². The number of nitrogens with two attached hydrogens (primary N) is 1. The van der Waals surface area contributed by atoms with E-state index in [0.29, 0.717) is 0 Å². The van der Waals surface area contributed by atoms with Crippen LogP contribution in [0, 0.1) is 0 Å². The van der Waals surface area contributed by atoms with Gasteiger partial charge in [0.2, 0.25) is 0 Å². The largest absolute Gasteiger partial charge is 0.460 e. The Hall–Kier alpha value is -2.13. The fourth-order valence-electron chi connectivity index (χ4n) is 7.25. The summed E-state index contributed by atoms with van der Waals surface area (Å²) in [5.74, 6) is -85.0. The van der Waals surface area contributed by atoms with Crippen LogP contribution in [0.3, 0.4) is 0 Å². The van der Waals surface area contributed by atoms with Crippen LogP contribution < -0.4 is 5.40 Å². The Morgan fingerprint density at radius 2 is 0.338 bits per heavy atom. The average molecular weight is 1190 g/mol. The van der Waals surface area contributed by atoms with E-state index in [2.05, 4.69) is 0 Å². The van der Waals surface area contributed by atoms with Gasteiger partial charge in [0.05, 0.1) is 0 Å². The summed E-state index contributed by atoms with van der Waals surface area (Å²) in [7, 11) is -2.94. The average Bonchev–Trinajstić information content (AvgIpc) is 3.21. The van der Waals surface area contributed by atoms with Gasteiger partial charge in [-0.25, -0.2) is 0 Å². The van der Waals surface area contributed by atoms with E-state index in [1.807, 2.05) is 0 Å². The summed E-state index contributed by atoms with van der Waals surface area (Å²) in [6.07, 6.45) is -32.2. The van der Waals surface area contributed by atoms with E-state index in [9.17, 15) is 145 Å². The van der Waals surface area contributed by atoms with Gasteiger partial charge in [-0.15, -0.1) is 0 Å². The molecule has 0 rings (SSSR count). The number of hydrogen-bond donors (Lipinski definition) is 1. The zero-order valence-corrected chi connectivity index (χ0v) is 39.0. The fraction of sp³-hybridized carbons (Fsp3) is 1.00. The molecular weight excluding hydrogens is 1140 g/mol. The van der Waals surface area contributed by atoms with E-state index in [4.69, 9.17) is 5.40 Å². The number of rotatable bonds is 36. The lowest BCUT2D eigenvalue weighted by atomic mass is 9.94. The lowest BCUT2D eigenvalue weighted by Gasteiger charge is -2.37. The summed E-state index contributed by atoms with van der Waals surface area (Å²) in [6, 6.07) is 0.632. The Labute approximate surface area is 401 Å². The van der Waals surface area contributed by atoms with Crippen LogP contribution in [0.4, 0.5) is 145 Å².